The molecule has 1 aromatic rings. The summed E-state index contributed by atoms with van der Waals surface area (Å²) in [6, 6.07) is 5.18. The van der Waals surface area contributed by atoms with Crippen molar-refractivity contribution in [3.63, 3.8) is 0 Å². The number of benzene rings is 1. The quantitative estimate of drug-likeness (QED) is 0.339. The maximum absolute atomic E-state index is 12.5. The van der Waals surface area contributed by atoms with E-state index in [0.29, 0.717) is 32.0 Å². The fourth-order valence-corrected chi connectivity index (χ4v) is 2.50. The van der Waals surface area contributed by atoms with E-state index in [1.807, 2.05) is 6.92 Å². The molecule has 4 nitrogen and oxygen atoms in total. The van der Waals surface area contributed by atoms with Gasteiger partial charge < -0.3 is 15.7 Å². The van der Waals surface area contributed by atoms with Gasteiger partial charge in [-0.25, -0.2) is 0 Å². The Morgan fingerprint density at radius 2 is 1.84 bits per heavy atom. The lowest BCUT2D eigenvalue weighted by Gasteiger charge is -2.35. The van der Waals surface area contributed by atoms with E-state index in [0.717, 1.165) is 37.0 Å². The zero-order chi connectivity index (χ0) is 17.6. The SMILES string of the molecule is CCNC(=NCC1(O)CCC1)NCCc1ccc(C(F)(F)F)cc1.I. The van der Waals surface area contributed by atoms with E-state index in [1.165, 1.54) is 12.1 Å². The predicted molar refractivity (Wildman–Crippen MR) is 103 cm³/mol. The average Bonchev–Trinajstić information content (AvgIpc) is 2.50. The van der Waals surface area contributed by atoms with Crippen LogP contribution in [0, 0.1) is 0 Å². The van der Waals surface area contributed by atoms with Gasteiger partial charge in [0.15, 0.2) is 5.96 Å². The number of guanidine groups is 1. The van der Waals surface area contributed by atoms with Crippen molar-refractivity contribution in [2.24, 2.45) is 4.99 Å². The van der Waals surface area contributed by atoms with Gasteiger partial charge in [-0.15, -0.1) is 24.0 Å². The van der Waals surface area contributed by atoms with Crippen LogP contribution in [0.1, 0.15) is 37.3 Å². The average molecular weight is 471 g/mol. The third-order valence-electron chi connectivity index (χ3n) is 4.15. The van der Waals surface area contributed by atoms with E-state index in [2.05, 4.69) is 15.6 Å². The van der Waals surface area contributed by atoms with Crippen LogP contribution in [0.4, 0.5) is 13.2 Å². The Kier molecular flexibility index (Phi) is 8.46. The maximum atomic E-state index is 12.5. The highest BCUT2D eigenvalue weighted by molar-refractivity contribution is 14.0. The molecule has 0 heterocycles. The number of nitrogens with zero attached hydrogens (tertiary/aromatic N) is 1. The first-order chi connectivity index (χ1) is 11.3. The van der Waals surface area contributed by atoms with Crippen LogP contribution in [0.15, 0.2) is 29.3 Å². The third-order valence-corrected chi connectivity index (χ3v) is 4.15. The molecule has 0 aromatic heterocycles. The second kappa shape index (κ2) is 9.61. The third kappa shape index (κ3) is 7.01. The molecule has 0 saturated heterocycles. The highest BCUT2D eigenvalue weighted by atomic mass is 127. The van der Waals surface area contributed by atoms with E-state index in [-0.39, 0.29) is 24.0 Å². The van der Waals surface area contributed by atoms with Crippen LogP contribution in [0.3, 0.4) is 0 Å². The lowest BCUT2D eigenvalue weighted by Crippen LogP contribution is -2.43. The molecule has 0 aliphatic heterocycles. The number of aliphatic imine (C=N–C) groups is 1. The molecule has 25 heavy (non-hydrogen) atoms. The standard InChI is InChI=1S/C17H24F3N3O.HI/c1-2-21-15(23-12-16(24)9-3-10-16)22-11-8-13-4-6-14(7-5-13)17(18,19)20;/h4-7,24H,2-3,8-12H2,1H3,(H2,21,22,23);1H. The number of halogens is 4. The number of rotatable bonds is 6. The zero-order valence-corrected chi connectivity index (χ0v) is 16.5. The molecule has 2 rings (SSSR count). The summed E-state index contributed by atoms with van der Waals surface area (Å²) in [6.45, 7) is 3.56. The van der Waals surface area contributed by atoms with Gasteiger partial charge in [-0.2, -0.15) is 13.2 Å². The van der Waals surface area contributed by atoms with Gasteiger partial charge >= 0.3 is 6.18 Å². The van der Waals surface area contributed by atoms with E-state index in [4.69, 9.17) is 0 Å². The summed E-state index contributed by atoms with van der Waals surface area (Å²) in [5, 5.41) is 16.3. The lowest BCUT2D eigenvalue weighted by atomic mass is 9.80. The van der Waals surface area contributed by atoms with Crippen molar-refractivity contribution < 1.29 is 18.3 Å². The minimum Gasteiger partial charge on any atom is -0.388 e. The normalized spacial score (nSPS) is 16.6. The lowest BCUT2D eigenvalue weighted by molar-refractivity contribution is -0.137. The van der Waals surface area contributed by atoms with E-state index in [9.17, 15) is 18.3 Å². The minimum atomic E-state index is -4.30. The van der Waals surface area contributed by atoms with Crippen molar-refractivity contribution in [2.75, 3.05) is 19.6 Å². The number of hydrogen-bond donors (Lipinski definition) is 3. The van der Waals surface area contributed by atoms with Gasteiger partial charge in [-0.05, 0) is 50.3 Å². The van der Waals surface area contributed by atoms with Crippen LogP contribution in [0.5, 0.6) is 0 Å². The molecule has 1 aliphatic rings. The van der Waals surface area contributed by atoms with Crippen molar-refractivity contribution in [1.82, 2.24) is 10.6 Å². The fourth-order valence-electron chi connectivity index (χ4n) is 2.50. The van der Waals surface area contributed by atoms with Crippen LogP contribution in [-0.4, -0.2) is 36.3 Å². The second-order valence-electron chi connectivity index (χ2n) is 6.14. The Labute approximate surface area is 163 Å². The van der Waals surface area contributed by atoms with Gasteiger partial charge in [0, 0.05) is 13.1 Å². The maximum Gasteiger partial charge on any atom is 0.416 e. The summed E-state index contributed by atoms with van der Waals surface area (Å²) in [4.78, 5) is 4.38. The second-order valence-corrected chi connectivity index (χ2v) is 6.14. The molecule has 0 amide bonds. The van der Waals surface area contributed by atoms with Crippen LogP contribution >= 0.6 is 24.0 Å². The smallest absolute Gasteiger partial charge is 0.388 e. The molecule has 0 unspecified atom stereocenters. The monoisotopic (exact) mass is 471 g/mol. The van der Waals surface area contributed by atoms with Crippen molar-refractivity contribution in [3.05, 3.63) is 35.4 Å². The summed E-state index contributed by atoms with van der Waals surface area (Å²) in [5.74, 6) is 0.615. The topological polar surface area (TPSA) is 56.7 Å². The molecule has 3 N–H and O–H groups in total. The highest BCUT2D eigenvalue weighted by Crippen LogP contribution is 2.31. The summed E-state index contributed by atoms with van der Waals surface area (Å²) < 4.78 is 37.6. The molecule has 8 heteroatoms. The van der Waals surface area contributed by atoms with Crippen molar-refractivity contribution in [2.45, 2.75) is 44.4 Å². The van der Waals surface area contributed by atoms with Gasteiger partial charge in [0.05, 0.1) is 17.7 Å². The van der Waals surface area contributed by atoms with Crippen LogP contribution < -0.4 is 10.6 Å². The Hall–Kier alpha value is -1.03. The van der Waals surface area contributed by atoms with Crippen LogP contribution in [0.2, 0.25) is 0 Å². The Morgan fingerprint density at radius 3 is 2.32 bits per heavy atom. The van der Waals surface area contributed by atoms with Crippen LogP contribution in [0.25, 0.3) is 0 Å². The van der Waals surface area contributed by atoms with Gasteiger partial charge in [0.2, 0.25) is 0 Å². The molecular formula is C17H25F3IN3O. The first kappa shape index (κ1) is 22.0. The molecule has 1 fully saturated rings. The van der Waals surface area contributed by atoms with Crippen molar-refractivity contribution >= 4 is 29.9 Å². The van der Waals surface area contributed by atoms with E-state index in [1.54, 1.807) is 0 Å². The Balaban J connectivity index is 0.00000312. The first-order valence-electron chi connectivity index (χ1n) is 8.23. The van der Waals surface area contributed by atoms with Crippen molar-refractivity contribution in [3.8, 4) is 0 Å². The Morgan fingerprint density at radius 1 is 1.20 bits per heavy atom. The van der Waals surface area contributed by atoms with E-state index >= 15 is 0 Å². The molecule has 0 atom stereocenters. The van der Waals surface area contributed by atoms with Gasteiger partial charge in [-0.3, -0.25) is 4.99 Å². The minimum absolute atomic E-state index is 0. The zero-order valence-electron chi connectivity index (χ0n) is 14.2. The first-order valence-corrected chi connectivity index (χ1v) is 8.23. The summed E-state index contributed by atoms with van der Waals surface area (Å²) in [7, 11) is 0. The van der Waals surface area contributed by atoms with Gasteiger partial charge in [-0.1, -0.05) is 12.1 Å². The molecule has 1 saturated carbocycles. The van der Waals surface area contributed by atoms with E-state index < -0.39 is 17.3 Å². The molecule has 1 aromatic carbocycles. The van der Waals surface area contributed by atoms with Crippen molar-refractivity contribution in [1.29, 1.82) is 0 Å². The number of nitrogens with one attached hydrogen (secondary N) is 2. The fraction of sp³-hybridized carbons (Fsp3) is 0.588. The molecular weight excluding hydrogens is 446 g/mol. The van der Waals surface area contributed by atoms with Gasteiger partial charge in [0.25, 0.3) is 0 Å². The molecule has 0 spiro atoms. The molecule has 1 aliphatic carbocycles. The Bertz CT molecular complexity index is 557. The molecule has 142 valence electrons. The van der Waals surface area contributed by atoms with Crippen LogP contribution in [-0.2, 0) is 12.6 Å². The molecule has 0 radical (unpaired) electrons. The predicted octanol–water partition coefficient (Wildman–Crippen LogP) is 3.34. The highest BCUT2D eigenvalue weighted by Gasteiger charge is 2.34. The number of aliphatic hydroxyl groups is 1. The molecule has 0 bridgehead atoms. The largest absolute Gasteiger partial charge is 0.416 e. The summed E-state index contributed by atoms with van der Waals surface area (Å²) in [5.41, 5.74) is -0.484. The summed E-state index contributed by atoms with van der Waals surface area (Å²) >= 11 is 0. The summed E-state index contributed by atoms with van der Waals surface area (Å²) in [6.07, 6.45) is -1.12. The number of hydrogen-bond acceptors (Lipinski definition) is 2. The number of alkyl halides is 3. The van der Waals surface area contributed by atoms with Gasteiger partial charge in [0.1, 0.15) is 0 Å².